The molecule has 24 heavy (non-hydrogen) atoms. The van der Waals surface area contributed by atoms with Crippen molar-refractivity contribution in [2.75, 3.05) is 13.3 Å². The molecule has 128 valence electrons. The van der Waals surface area contributed by atoms with E-state index in [2.05, 4.69) is 5.32 Å². The lowest BCUT2D eigenvalue weighted by atomic mass is 10.1. The van der Waals surface area contributed by atoms with E-state index in [9.17, 15) is 17.6 Å². The highest BCUT2D eigenvalue weighted by Gasteiger charge is 2.19. The van der Waals surface area contributed by atoms with Gasteiger partial charge in [-0.25, -0.2) is 9.18 Å². The molecule has 0 aliphatic rings. The van der Waals surface area contributed by atoms with Crippen LogP contribution in [-0.4, -0.2) is 32.8 Å². The summed E-state index contributed by atoms with van der Waals surface area (Å²) in [6.07, 6.45) is 0.490. The van der Waals surface area contributed by atoms with Gasteiger partial charge < -0.3 is 5.11 Å². The lowest BCUT2D eigenvalue weighted by Gasteiger charge is -2.08. The van der Waals surface area contributed by atoms with Gasteiger partial charge in [-0.2, -0.15) is 8.42 Å². The molecule has 2 N–H and O–H groups in total. The Morgan fingerprint density at radius 3 is 2.62 bits per heavy atom. The number of hydrogen-bond donors (Lipinski definition) is 2. The van der Waals surface area contributed by atoms with E-state index in [-0.39, 0.29) is 12.3 Å². The molecule has 0 amide bonds. The maximum absolute atomic E-state index is 13.5. The summed E-state index contributed by atoms with van der Waals surface area (Å²) >= 11 is 0. The molecule has 0 aliphatic heterocycles. The van der Waals surface area contributed by atoms with Gasteiger partial charge in [-0.1, -0.05) is 24.3 Å². The highest BCUT2D eigenvalue weighted by Crippen LogP contribution is 2.15. The quantitative estimate of drug-likeness (QED) is 0.428. The van der Waals surface area contributed by atoms with Crippen molar-refractivity contribution in [1.29, 1.82) is 0 Å². The Morgan fingerprint density at radius 2 is 1.92 bits per heavy atom. The lowest BCUT2D eigenvalue weighted by molar-refractivity contribution is 0.0696. The van der Waals surface area contributed by atoms with Gasteiger partial charge in [0.2, 0.25) is 0 Å². The van der Waals surface area contributed by atoms with Crippen LogP contribution in [0.5, 0.6) is 0 Å². The van der Waals surface area contributed by atoms with E-state index in [0.29, 0.717) is 13.0 Å². The zero-order valence-corrected chi connectivity index (χ0v) is 13.4. The lowest BCUT2D eigenvalue weighted by Crippen LogP contribution is -2.23. The van der Waals surface area contributed by atoms with Crippen molar-refractivity contribution in [3.63, 3.8) is 0 Å². The standard InChI is InChI=1S/C16H16FNO5S/c17-14-6-1-2-7-15(14)24(21,22)23-11-18-9-8-12-4-3-5-13(10-12)16(19)20/h1-7,10,18H,8-9,11H2,(H,19,20). The Bertz CT molecular complexity index is 823. The summed E-state index contributed by atoms with van der Waals surface area (Å²) in [5, 5.41) is 11.7. The van der Waals surface area contributed by atoms with Gasteiger partial charge in [0.15, 0.2) is 0 Å². The van der Waals surface area contributed by atoms with Gasteiger partial charge in [0, 0.05) is 6.54 Å². The van der Waals surface area contributed by atoms with Crippen molar-refractivity contribution >= 4 is 16.1 Å². The Labute approximate surface area is 139 Å². The molecule has 2 rings (SSSR count). The summed E-state index contributed by atoms with van der Waals surface area (Å²) in [4.78, 5) is 10.4. The first-order valence-corrected chi connectivity index (χ1v) is 8.48. The first kappa shape index (κ1) is 18.1. The van der Waals surface area contributed by atoms with Crippen LogP contribution in [0.25, 0.3) is 0 Å². The highest BCUT2D eigenvalue weighted by molar-refractivity contribution is 7.86. The van der Waals surface area contributed by atoms with Crippen LogP contribution < -0.4 is 5.32 Å². The number of rotatable bonds is 8. The van der Waals surface area contributed by atoms with Crippen molar-refractivity contribution in [1.82, 2.24) is 5.32 Å². The van der Waals surface area contributed by atoms with Crippen LogP contribution in [0.4, 0.5) is 4.39 Å². The van der Waals surface area contributed by atoms with Crippen LogP contribution in [0, 0.1) is 5.82 Å². The van der Waals surface area contributed by atoms with Gasteiger partial charge in [0.25, 0.3) is 0 Å². The van der Waals surface area contributed by atoms with Gasteiger partial charge in [0.05, 0.1) is 5.56 Å². The van der Waals surface area contributed by atoms with Crippen LogP contribution in [-0.2, 0) is 20.7 Å². The molecule has 0 bridgehead atoms. The molecule has 0 spiro atoms. The van der Waals surface area contributed by atoms with Gasteiger partial charge in [0.1, 0.15) is 17.4 Å². The van der Waals surface area contributed by atoms with E-state index in [1.165, 1.54) is 18.2 Å². The van der Waals surface area contributed by atoms with Crippen molar-refractivity contribution in [2.45, 2.75) is 11.3 Å². The number of aromatic carboxylic acids is 1. The van der Waals surface area contributed by atoms with Crippen LogP contribution in [0.15, 0.2) is 53.4 Å². The minimum absolute atomic E-state index is 0.186. The molecule has 0 heterocycles. The number of carbonyl (C=O) groups is 1. The molecule has 0 saturated heterocycles. The number of carboxylic acid groups (broad SMARTS) is 1. The summed E-state index contributed by atoms with van der Waals surface area (Å²) in [7, 11) is -4.17. The number of halogens is 1. The number of nitrogens with one attached hydrogen (secondary N) is 1. The minimum Gasteiger partial charge on any atom is -0.478 e. The number of benzene rings is 2. The average Bonchev–Trinajstić information content (AvgIpc) is 2.55. The van der Waals surface area contributed by atoms with Crippen molar-refractivity contribution in [2.24, 2.45) is 0 Å². The zero-order chi connectivity index (χ0) is 17.6. The summed E-state index contributed by atoms with van der Waals surface area (Å²) in [5.41, 5.74) is 0.977. The maximum atomic E-state index is 13.5. The molecule has 0 atom stereocenters. The second-order valence-electron chi connectivity index (χ2n) is 4.90. The topological polar surface area (TPSA) is 92.7 Å². The molecule has 6 nitrogen and oxygen atoms in total. The summed E-state index contributed by atoms with van der Waals surface area (Å²) in [6, 6.07) is 11.4. The fourth-order valence-electron chi connectivity index (χ4n) is 1.99. The Kier molecular flexibility index (Phi) is 6.02. The molecule has 0 saturated carbocycles. The smallest absolute Gasteiger partial charge is 0.335 e. The van der Waals surface area contributed by atoms with Crippen molar-refractivity contribution in [3.8, 4) is 0 Å². The van der Waals surface area contributed by atoms with Crippen molar-refractivity contribution < 1.29 is 26.9 Å². The third-order valence-electron chi connectivity index (χ3n) is 3.19. The SMILES string of the molecule is O=C(O)c1cccc(CCNCOS(=O)(=O)c2ccccc2F)c1. The molecular weight excluding hydrogens is 337 g/mol. The monoisotopic (exact) mass is 353 g/mol. The van der Waals surface area contributed by atoms with Crippen molar-refractivity contribution in [3.05, 3.63) is 65.5 Å². The van der Waals surface area contributed by atoms with E-state index in [1.807, 2.05) is 0 Å². The normalized spacial score (nSPS) is 11.4. The first-order valence-electron chi connectivity index (χ1n) is 7.07. The molecule has 0 fully saturated rings. The van der Waals surface area contributed by atoms with Gasteiger partial charge >= 0.3 is 16.1 Å². The third kappa shape index (κ3) is 4.85. The van der Waals surface area contributed by atoms with Crippen LogP contribution in [0.1, 0.15) is 15.9 Å². The zero-order valence-electron chi connectivity index (χ0n) is 12.6. The Morgan fingerprint density at radius 1 is 1.17 bits per heavy atom. The van der Waals surface area contributed by atoms with Gasteiger partial charge in [-0.3, -0.25) is 9.50 Å². The molecule has 0 radical (unpaired) electrons. The Balaban J connectivity index is 1.82. The molecule has 2 aromatic rings. The third-order valence-corrected chi connectivity index (χ3v) is 4.48. The molecular formula is C16H16FNO5S. The summed E-state index contributed by atoms with van der Waals surface area (Å²) in [6.45, 7) is 0.0607. The van der Waals surface area contributed by atoms with E-state index in [4.69, 9.17) is 9.29 Å². The van der Waals surface area contributed by atoms with Gasteiger partial charge in [-0.15, -0.1) is 0 Å². The molecule has 2 aromatic carbocycles. The molecule has 0 aliphatic carbocycles. The van der Waals surface area contributed by atoms with Crippen LogP contribution in [0.2, 0.25) is 0 Å². The Hall–Kier alpha value is -2.29. The predicted molar refractivity (Wildman–Crippen MR) is 84.6 cm³/mol. The summed E-state index contributed by atoms with van der Waals surface area (Å²) in [5.74, 6) is -1.88. The highest BCUT2D eigenvalue weighted by atomic mass is 32.2. The van der Waals surface area contributed by atoms with E-state index >= 15 is 0 Å². The van der Waals surface area contributed by atoms with E-state index < -0.39 is 26.8 Å². The molecule has 8 heteroatoms. The fraction of sp³-hybridized carbons (Fsp3) is 0.188. The fourth-order valence-corrected chi connectivity index (χ4v) is 2.91. The average molecular weight is 353 g/mol. The number of hydrogen-bond acceptors (Lipinski definition) is 5. The predicted octanol–water partition coefficient (Wildman–Crippen LogP) is 2.02. The second kappa shape index (κ2) is 8.00. The molecule has 0 aromatic heterocycles. The van der Waals surface area contributed by atoms with E-state index in [0.717, 1.165) is 17.7 Å². The second-order valence-corrected chi connectivity index (χ2v) is 6.49. The van der Waals surface area contributed by atoms with Gasteiger partial charge in [-0.05, 0) is 36.2 Å². The molecule has 0 unspecified atom stereocenters. The first-order chi connectivity index (χ1) is 11.4. The van der Waals surface area contributed by atoms with Crippen LogP contribution >= 0.6 is 0 Å². The number of carboxylic acids is 1. The summed E-state index contributed by atoms with van der Waals surface area (Å²) < 4.78 is 41.9. The minimum atomic E-state index is -4.17. The van der Waals surface area contributed by atoms with Crippen LogP contribution in [0.3, 0.4) is 0 Å². The largest absolute Gasteiger partial charge is 0.478 e. The maximum Gasteiger partial charge on any atom is 0.335 e. The van der Waals surface area contributed by atoms with E-state index in [1.54, 1.807) is 18.2 Å².